The van der Waals surface area contributed by atoms with Crippen LogP contribution in [0.1, 0.15) is 18.1 Å². The Morgan fingerprint density at radius 3 is 2.52 bits per heavy atom. The number of hydrogen-bond acceptors (Lipinski definition) is 3. The molecule has 0 saturated carbocycles. The van der Waals surface area contributed by atoms with Crippen molar-refractivity contribution in [3.05, 3.63) is 57.2 Å². The molecule has 0 saturated heterocycles. The maximum Gasteiger partial charge on any atom is 0.174 e. The van der Waals surface area contributed by atoms with Crippen LogP contribution >= 0.6 is 22.6 Å². The summed E-state index contributed by atoms with van der Waals surface area (Å²) in [6.45, 7) is 4.42. The molecule has 3 nitrogen and oxygen atoms in total. The molecule has 0 fully saturated rings. The lowest BCUT2D eigenvalue weighted by atomic mass is 10.2. The van der Waals surface area contributed by atoms with Gasteiger partial charge in [-0.3, -0.25) is 0 Å². The molecule has 2 aromatic carbocycles. The molecule has 21 heavy (non-hydrogen) atoms. The summed E-state index contributed by atoms with van der Waals surface area (Å²) in [4.78, 5) is 0. The Labute approximate surface area is 139 Å². The largest absolute Gasteiger partial charge is 0.493 e. The molecular weight excluding hydrogens is 377 g/mol. The van der Waals surface area contributed by atoms with Crippen molar-refractivity contribution in [3.8, 4) is 11.5 Å². The predicted molar refractivity (Wildman–Crippen MR) is 93.9 cm³/mol. The van der Waals surface area contributed by atoms with Crippen LogP contribution in [0.15, 0.2) is 42.5 Å². The Bertz CT molecular complexity index is 573. The Hall–Kier alpha value is -1.27. The lowest BCUT2D eigenvalue weighted by Crippen LogP contribution is -2.12. The van der Waals surface area contributed by atoms with Crippen molar-refractivity contribution in [2.45, 2.75) is 20.1 Å². The van der Waals surface area contributed by atoms with Crippen molar-refractivity contribution in [2.24, 2.45) is 0 Å². The Morgan fingerprint density at radius 1 is 1.10 bits per heavy atom. The van der Waals surface area contributed by atoms with E-state index in [0.29, 0.717) is 6.61 Å². The van der Waals surface area contributed by atoms with Crippen molar-refractivity contribution in [2.75, 3.05) is 13.7 Å². The van der Waals surface area contributed by atoms with E-state index in [-0.39, 0.29) is 0 Å². The number of hydrogen-bond donors (Lipinski definition) is 1. The average molecular weight is 397 g/mol. The highest BCUT2D eigenvalue weighted by molar-refractivity contribution is 14.1. The number of nitrogens with one attached hydrogen (secondary N) is 1. The fourth-order valence-corrected chi connectivity index (χ4v) is 2.84. The Morgan fingerprint density at radius 2 is 1.86 bits per heavy atom. The second-order valence-corrected chi connectivity index (χ2v) is 5.83. The summed E-state index contributed by atoms with van der Waals surface area (Å²) in [7, 11) is 1.68. The molecule has 0 heterocycles. The summed E-state index contributed by atoms with van der Waals surface area (Å²) >= 11 is 2.30. The number of halogens is 1. The highest BCUT2D eigenvalue weighted by atomic mass is 127. The first kappa shape index (κ1) is 16.1. The van der Waals surface area contributed by atoms with Gasteiger partial charge in [-0.05, 0) is 52.4 Å². The molecule has 0 spiro atoms. The Balaban J connectivity index is 2.14. The molecule has 1 N–H and O–H groups in total. The zero-order valence-electron chi connectivity index (χ0n) is 12.4. The lowest BCUT2D eigenvalue weighted by Gasteiger charge is -2.14. The molecule has 2 rings (SSSR count). The molecule has 0 aromatic heterocycles. The average Bonchev–Trinajstić information content (AvgIpc) is 2.52. The molecular formula is C17H20INO2. The topological polar surface area (TPSA) is 30.5 Å². The summed E-state index contributed by atoms with van der Waals surface area (Å²) in [5.74, 6) is 1.59. The third-order valence-corrected chi connectivity index (χ3v) is 3.90. The molecule has 0 atom stereocenters. The number of methoxy groups -OCH3 is 1. The van der Waals surface area contributed by atoms with Crippen molar-refractivity contribution >= 4 is 22.6 Å². The summed E-state index contributed by atoms with van der Waals surface area (Å²) in [5, 5.41) is 3.32. The summed E-state index contributed by atoms with van der Waals surface area (Å²) in [5.41, 5.74) is 2.34. The van der Waals surface area contributed by atoms with Crippen molar-refractivity contribution in [1.29, 1.82) is 0 Å². The van der Waals surface area contributed by atoms with Gasteiger partial charge in [0, 0.05) is 6.54 Å². The van der Waals surface area contributed by atoms with Gasteiger partial charge in [0.05, 0.1) is 10.7 Å². The second-order valence-electron chi connectivity index (χ2n) is 4.66. The van der Waals surface area contributed by atoms with Crippen molar-refractivity contribution in [3.63, 3.8) is 0 Å². The summed E-state index contributed by atoms with van der Waals surface area (Å²) < 4.78 is 12.5. The first-order valence-corrected chi connectivity index (χ1v) is 8.06. The van der Waals surface area contributed by atoms with Crippen LogP contribution in [-0.2, 0) is 13.2 Å². The van der Waals surface area contributed by atoms with Gasteiger partial charge in [0.2, 0.25) is 0 Å². The number of rotatable bonds is 7. The van der Waals surface area contributed by atoms with Gasteiger partial charge in [-0.15, -0.1) is 0 Å². The quantitative estimate of drug-likeness (QED) is 0.717. The van der Waals surface area contributed by atoms with Gasteiger partial charge in [0.1, 0.15) is 6.61 Å². The minimum Gasteiger partial charge on any atom is -0.493 e. The van der Waals surface area contributed by atoms with E-state index >= 15 is 0 Å². The molecule has 0 radical (unpaired) electrons. The van der Waals surface area contributed by atoms with E-state index in [1.165, 1.54) is 5.56 Å². The van der Waals surface area contributed by atoms with E-state index in [2.05, 4.69) is 53.0 Å². The minimum atomic E-state index is 0.541. The zero-order chi connectivity index (χ0) is 15.1. The number of ether oxygens (including phenoxy) is 2. The summed E-state index contributed by atoms with van der Waals surface area (Å²) in [6, 6.07) is 14.3. The van der Waals surface area contributed by atoms with E-state index in [1.807, 2.05) is 24.3 Å². The molecule has 0 aliphatic heterocycles. The normalized spacial score (nSPS) is 10.4. The maximum absolute atomic E-state index is 5.95. The molecule has 0 bridgehead atoms. The van der Waals surface area contributed by atoms with Crippen molar-refractivity contribution < 1.29 is 9.47 Å². The fourth-order valence-electron chi connectivity index (χ4n) is 2.01. The van der Waals surface area contributed by atoms with Gasteiger partial charge < -0.3 is 14.8 Å². The third kappa shape index (κ3) is 4.61. The van der Waals surface area contributed by atoms with E-state index in [4.69, 9.17) is 9.47 Å². The highest BCUT2D eigenvalue weighted by Gasteiger charge is 2.11. The molecule has 0 amide bonds. The van der Waals surface area contributed by atoms with Crippen LogP contribution in [0, 0.1) is 3.57 Å². The van der Waals surface area contributed by atoms with Crippen LogP contribution in [0.3, 0.4) is 0 Å². The molecule has 112 valence electrons. The third-order valence-electron chi connectivity index (χ3n) is 3.09. The van der Waals surface area contributed by atoms with Crippen LogP contribution in [0.4, 0.5) is 0 Å². The van der Waals surface area contributed by atoms with Crippen LogP contribution in [0.2, 0.25) is 0 Å². The lowest BCUT2D eigenvalue weighted by molar-refractivity contribution is 0.282. The molecule has 4 heteroatoms. The first-order valence-electron chi connectivity index (χ1n) is 6.98. The van der Waals surface area contributed by atoms with E-state index in [1.54, 1.807) is 7.11 Å². The summed E-state index contributed by atoms with van der Waals surface area (Å²) in [6.07, 6.45) is 0. The van der Waals surface area contributed by atoms with Gasteiger partial charge in [-0.25, -0.2) is 0 Å². The molecule has 0 aliphatic carbocycles. The van der Waals surface area contributed by atoms with Crippen LogP contribution in [0.5, 0.6) is 11.5 Å². The predicted octanol–water partition coefficient (Wildman–Crippen LogP) is 3.99. The second kappa shape index (κ2) is 8.24. The fraction of sp³-hybridized carbons (Fsp3) is 0.294. The Kier molecular flexibility index (Phi) is 6.32. The molecule has 2 aromatic rings. The first-order chi connectivity index (χ1) is 10.2. The van der Waals surface area contributed by atoms with E-state index in [9.17, 15) is 0 Å². The van der Waals surface area contributed by atoms with Gasteiger partial charge in [0.15, 0.2) is 11.5 Å². The van der Waals surface area contributed by atoms with Crippen LogP contribution in [-0.4, -0.2) is 13.7 Å². The monoisotopic (exact) mass is 397 g/mol. The molecule has 0 aliphatic rings. The zero-order valence-corrected chi connectivity index (χ0v) is 14.5. The van der Waals surface area contributed by atoms with Gasteiger partial charge in [-0.2, -0.15) is 0 Å². The number of benzene rings is 2. The van der Waals surface area contributed by atoms with Crippen LogP contribution < -0.4 is 14.8 Å². The maximum atomic E-state index is 5.95. The van der Waals surface area contributed by atoms with E-state index < -0.39 is 0 Å². The van der Waals surface area contributed by atoms with Gasteiger partial charge in [-0.1, -0.05) is 37.3 Å². The standard InChI is InChI=1S/C17H20INO2/c1-3-19-11-14-9-15(18)17(16(10-14)20-2)21-12-13-7-5-4-6-8-13/h4-10,19H,3,11-12H2,1-2H3. The SMILES string of the molecule is CCNCc1cc(I)c(OCc2ccccc2)c(OC)c1. The smallest absolute Gasteiger partial charge is 0.174 e. The van der Waals surface area contributed by atoms with Crippen molar-refractivity contribution in [1.82, 2.24) is 5.32 Å². The minimum absolute atomic E-state index is 0.541. The highest BCUT2D eigenvalue weighted by Crippen LogP contribution is 2.34. The van der Waals surface area contributed by atoms with Gasteiger partial charge in [0.25, 0.3) is 0 Å². The molecule has 0 unspecified atom stereocenters. The van der Waals surface area contributed by atoms with Gasteiger partial charge >= 0.3 is 0 Å². The van der Waals surface area contributed by atoms with Crippen LogP contribution in [0.25, 0.3) is 0 Å². The van der Waals surface area contributed by atoms with E-state index in [0.717, 1.165) is 33.7 Å².